The molecule has 1 aliphatic heterocycles. The molecule has 4 aromatic rings. The Kier molecular flexibility index (Phi) is 6.94. The van der Waals surface area contributed by atoms with Crippen molar-refractivity contribution in [3.63, 3.8) is 0 Å². The minimum atomic E-state index is -0.191. The summed E-state index contributed by atoms with van der Waals surface area (Å²) in [5, 5.41) is 7.36. The van der Waals surface area contributed by atoms with Crippen LogP contribution < -0.4 is 10.6 Å². The molecule has 1 aromatic heterocycles. The first-order valence-corrected chi connectivity index (χ1v) is 12.4. The maximum atomic E-state index is 12.8. The van der Waals surface area contributed by atoms with Gasteiger partial charge in [0.1, 0.15) is 0 Å². The smallest absolute Gasteiger partial charge is 0.251 e. The molecule has 0 saturated carbocycles. The van der Waals surface area contributed by atoms with E-state index in [9.17, 15) is 9.59 Å². The number of pyridine rings is 1. The van der Waals surface area contributed by atoms with Gasteiger partial charge in [0.15, 0.2) is 0 Å². The maximum absolute atomic E-state index is 12.8. The van der Waals surface area contributed by atoms with Crippen molar-refractivity contribution in [2.75, 3.05) is 18.4 Å². The fourth-order valence-corrected chi connectivity index (χ4v) is 4.76. The Morgan fingerprint density at radius 1 is 0.944 bits per heavy atom. The molecule has 0 aliphatic carbocycles. The van der Waals surface area contributed by atoms with Crippen molar-refractivity contribution in [1.29, 1.82) is 0 Å². The molecule has 2 heterocycles. The molecule has 0 radical (unpaired) electrons. The molecule has 3 aromatic carbocycles. The molecular weight excluding hydrogens is 448 g/mol. The maximum Gasteiger partial charge on any atom is 0.251 e. The van der Waals surface area contributed by atoms with Crippen molar-refractivity contribution >= 4 is 34.1 Å². The second-order valence-corrected chi connectivity index (χ2v) is 9.23. The number of aryl methyl sites for hydroxylation is 2. The number of nitrogens with one attached hydrogen (secondary N) is 2. The van der Waals surface area contributed by atoms with Crippen LogP contribution in [0.2, 0.25) is 0 Å². The summed E-state index contributed by atoms with van der Waals surface area (Å²) in [6.07, 6.45) is 2.24. The highest BCUT2D eigenvalue weighted by atomic mass is 16.2. The zero-order valence-electron chi connectivity index (χ0n) is 20.5. The number of carbonyl (C=O) groups is 2. The van der Waals surface area contributed by atoms with Crippen molar-refractivity contribution in [1.82, 2.24) is 15.2 Å². The monoisotopic (exact) mass is 478 g/mol. The van der Waals surface area contributed by atoms with Gasteiger partial charge in [0.2, 0.25) is 5.91 Å². The van der Waals surface area contributed by atoms with Gasteiger partial charge in [-0.05, 0) is 61.2 Å². The summed E-state index contributed by atoms with van der Waals surface area (Å²) in [6, 6.07) is 25.7. The summed E-state index contributed by atoms with van der Waals surface area (Å²) in [7, 11) is 0. The highest BCUT2D eigenvalue weighted by Crippen LogP contribution is 2.27. The molecule has 0 fully saturated rings. The van der Waals surface area contributed by atoms with E-state index in [4.69, 9.17) is 0 Å². The molecule has 2 N–H and O–H groups in total. The van der Waals surface area contributed by atoms with Crippen LogP contribution in [0.4, 0.5) is 11.4 Å². The molecule has 5 rings (SSSR count). The van der Waals surface area contributed by atoms with Crippen LogP contribution in [0.1, 0.15) is 40.0 Å². The predicted octanol–water partition coefficient (Wildman–Crippen LogP) is 5.38. The van der Waals surface area contributed by atoms with E-state index < -0.39 is 0 Å². The zero-order valence-corrected chi connectivity index (χ0v) is 20.5. The Morgan fingerprint density at radius 3 is 2.64 bits per heavy atom. The van der Waals surface area contributed by atoms with Crippen molar-refractivity contribution in [2.24, 2.45) is 0 Å². The van der Waals surface area contributed by atoms with Crippen LogP contribution in [0.15, 0.2) is 78.9 Å². The average Bonchev–Trinajstić information content (AvgIpc) is 3.11. The van der Waals surface area contributed by atoms with Gasteiger partial charge in [-0.2, -0.15) is 0 Å². The number of fused-ring (bicyclic) bond motifs is 2. The van der Waals surface area contributed by atoms with Crippen LogP contribution in [0.25, 0.3) is 10.9 Å². The topological polar surface area (TPSA) is 74.3 Å². The Bertz CT molecular complexity index is 1420. The summed E-state index contributed by atoms with van der Waals surface area (Å²) < 4.78 is 0. The molecule has 0 spiro atoms. The van der Waals surface area contributed by atoms with Crippen LogP contribution in [-0.2, 0) is 17.8 Å². The number of hydrogen-bond donors (Lipinski definition) is 2. The van der Waals surface area contributed by atoms with Crippen LogP contribution in [0.3, 0.4) is 0 Å². The van der Waals surface area contributed by atoms with Crippen LogP contribution in [0, 0.1) is 6.92 Å². The lowest BCUT2D eigenvalue weighted by atomic mass is 10.0. The van der Waals surface area contributed by atoms with Gasteiger partial charge in [0.05, 0.1) is 5.52 Å². The predicted molar refractivity (Wildman–Crippen MR) is 143 cm³/mol. The van der Waals surface area contributed by atoms with Gasteiger partial charge in [-0.15, -0.1) is 0 Å². The van der Waals surface area contributed by atoms with E-state index in [1.165, 1.54) is 11.1 Å². The molecule has 1 aliphatic rings. The van der Waals surface area contributed by atoms with Gasteiger partial charge in [0, 0.05) is 54.1 Å². The number of anilines is 2. The van der Waals surface area contributed by atoms with Crippen molar-refractivity contribution in [3.8, 4) is 0 Å². The first-order chi connectivity index (χ1) is 17.6. The fraction of sp³-hybridized carbons (Fsp3) is 0.233. The normalized spacial score (nSPS) is 13.1. The molecule has 6 heteroatoms. The number of nitrogens with zero attached hydrogens (tertiary/aromatic N) is 2. The number of aromatic nitrogens is 1. The quantitative estimate of drug-likeness (QED) is 0.390. The number of rotatable bonds is 6. The summed E-state index contributed by atoms with van der Waals surface area (Å²) in [6.45, 7) is 3.66. The second-order valence-electron chi connectivity index (χ2n) is 9.23. The van der Waals surface area contributed by atoms with E-state index in [1.54, 1.807) is 6.07 Å². The summed E-state index contributed by atoms with van der Waals surface area (Å²) >= 11 is 0. The molecule has 0 bridgehead atoms. The fourth-order valence-electron chi connectivity index (χ4n) is 4.76. The molecule has 36 heavy (non-hydrogen) atoms. The molecule has 6 nitrogen and oxygen atoms in total. The Balaban J connectivity index is 1.19. The first kappa shape index (κ1) is 23.5. The number of benzene rings is 3. The van der Waals surface area contributed by atoms with E-state index in [1.807, 2.05) is 66.4 Å². The van der Waals surface area contributed by atoms with E-state index in [0.29, 0.717) is 18.7 Å². The molecule has 182 valence electrons. The van der Waals surface area contributed by atoms with Gasteiger partial charge in [-0.1, -0.05) is 48.5 Å². The largest absolute Gasteiger partial charge is 0.355 e. The van der Waals surface area contributed by atoms with Crippen molar-refractivity contribution < 1.29 is 9.59 Å². The van der Waals surface area contributed by atoms with E-state index >= 15 is 0 Å². The van der Waals surface area contributed by atoms with Gasteiger partial charge in [-0.3, -0.25) is 14.6 Å². The lowest BCUT2D eigenvalue weighted by Gasteiger charge is -2.21. The summed E-state index contributed by atoms with van der Waals surface area (Å²) in [5.74, 6) is -0.120. The molecular formula is C30H30N4O2. The Morgan fingerprint density at radius 2 is 1.75 bits per heavy atom. The van der Waals surface area contributed by atoms with Crippen LogP contribution in [0.5, 0.6) is 0 Å². The summed E-state index contributed by atoms with van der Waals surface area (Å²) in [4.78, 5) is 32.1. The van der Waals surface area contributed by atoms with Gasteiger partial charge >= 0.3 is 0 Å². The van der Waals surface area contributed by atoms with E-state index in [0.717, 1.165) is 47.4 Å². The van der Waals surface area contributed by atoms with Crippen molar-refractivity contribution in [2.45, 2.75) is 32.7 Å². The highest BCUT2D eigenvalue weighted by molar-refractivity contribution is 5.97. The van der Waals surface area contributed by atoms with Crippen molar-refractivity contribution in [3.05, 3.63) is 101 Å². The van der Waals surface area contributed by atoms with E-state index in [-0.39, 0.29) is 18.2 Å². The third-order valence-electron chi connectivity index (χ3n) is 6.58. The second kappa shape index (κ2) is 10.6. The lowest BCUT2D eigenvalue weighted by molar-refractivity contribution is -0.131. The average molecular weight is 479 g/mol. The molecule has 0 unspecified atom stereocenters. The molecule has 0 saturated heterocycles. The zero-order chi connectivity index (χ0) is 24.9. The highest BCUT2D eigenvalue weighted by Gasteiger charge is 2.19. The Labute approximate surface area is 211 Å². The minimum Gasteiger partial charge on any atom is -0.355 e. The van der Waals surface area contributed by atoms with Gasteiger partial charge < -0.3 is 15.5 Å². The van der Waals surface area contributed by atoms with Gasteiger partial charge in [-0.25, -0.2) is 0 Å². The summed E-state index contributed by atoms with van der Waals surface area (Å²) in [5.41, 5.74) is 6.69. The lowest BCUT2D eigenvalue weighted by Crippen LogP contribution is -2.34. The first-order valence-electron chi connectivity index (χ1n) is 12.4. The number of amides is 2. The number of hydrogen-bond acceptors (Lipinski definition) is 4. The third-order valence-corrected chi connectivity index (χ3v) is 6.58. The number of carbonyl (C=O) groups excluding carboxylic acids is 2. The molecule has 2 amide bonds. The number of para-hydroxylation sites is 1. The minimum absolute atomic E-state index is 0.0716. The third kappa shape index (κ3) is 5.38. The van der Waals surface area contributed by atoms with E-state index in [2.05, 4.69) is 33.8 Å². The Hall–Kier alpha value is -4.19. The molecule has 0 atom stereocenters. The SMILES string of the molecule is Cc1cc(Nc2cccc(C(=O)NCCC(=O)N3CCCc4ccccc4C3)c2)c2ccccc2n1. The standard InChI is InChI=1S/C30H30N4O2/c1-21-18-28(26-13-4-5-14-27(26)32-21)33-25-12-6-10-23(19-25)30(36)31-16-15-29(35)34-17-7-11-22-8-2-3-9-24(22)20-34/h2-6,8-10,12-14,18-19H,7,11,15-17,20H2,1H3,(H,31,36)(H,32,33). The van der Waals surface area contributed by atoms with Crippen LogP contribution >= 0.6 is 0 Å². The van der Waals surface area contributed by atoms with Gasteiger partial charge in [0.25, 0.3) is 5.91 Å². The van der Waals surface area contributed by atoms with Crippen LogP contribution in [-0.4, -0.2) is 34.8 Å².